The molecule has 1 aliphatic rings. The third-order valence-corrected chi connectivity index (χ3v) is 4.07. The van der Waals surface area contributed by atoms with Gasteiger partial charge >= 0.3 is 5.97 Å². The summed E-state index contributed by atoms with van der Waals surface area (Å²) in [5.74, 6) is 0.0221. The molecule has 1 saturated heterocycles. The number of esters is 1. The predicted molar refractivity (Wildman–Crippen MR) is 76.6 cm³/mol. The van der Waals surface area contributed by atoms with E-state index in [9.17, 15) is 9.59 Å². The van der Waals surface area contributed by atoms with E-state index >= 15 is 0 Å². The fraction of sp³-hybridized carbons (Fsp3) is 0.467. The summed E-state index contributed by atoms with van der Waals surface area (Å²) in [5, 5.41) is 0. The number of ether oxygens (including phenoxy) is 1. The number of benzene rings is 1. The minimum absolute atomic E-state index is 0.0515. The first-order valence-electron chi connectivity index (χ1n) is 6.58. The van der Waals surface area contributed by atoms with Crippen LogP contribution in [0.3, 0.4) is 0 Å². The second kappa shape index (κ2) is 6.27. The molecule has 1 aromatic rings. The second-order valence-electron chi connectivity index (χ2n) is 5.15. The molecule has 1 aliphatic heterocycles. The monoisotopic (exact) mass is 295 g/mol. The lowest BCUT2D eigenvalue weighted by Gasteiger charge is -2.16. The highest BCUT2D eigenvalue weighted by Crippen LogP contribution is 2.25. The summed E-state index contributed by atoms with van der Waals surface area (Å²) in [6, 6.07) is 7.24. The van der Waals surface area contributed by atoms with Crippen molar-refractivity contribution >= 4 is 23.5 Å². The Hall–Kier alpha value is -1.55. The molecule has 5 heteroatoms. The smallest absolute Gasteiger partial charge is 0.310 e. The highest BCUT2D eigenvalue weighted by atomic mass is 35.5. The van der Waals surface area contributed by atoms with Gasteiger partial charge in [-0.05, 0) is 23.6 Å². The zero-order chi connectivity index (χ0) is 14.7. The SMILES string of the molecule is COC(=O)C1CN(C(=O)c2ccc(CCl)cc2)CC1C. The molecule has 20 heavy (non-hydrogen) atoms. The van der Waals surface area contributed by atoms with Gasteiger partial charge in [0.2, 0.25) is 0 Å². The standard InChI is InChI=1S/C15H18ClNO3/c1-10-8-17(9-13(10)15(19)20-2)14(18)12-5-3-11(7-16)4-6-12/h3-6,10,13H,7-9H2,1-2H3. The Labute approximate surface area is 123 Å². The second-order valence-corrected chi connectivity index (χ2v) is 5.41. The molecule has 0 aromatic heterocycles. The molecule has 2 unspecified atom stereocenters. The number of hydrogen-bond acceptors (Lipinski definition) is 3. The summed E-state index contributed by atoms with van der Waals surface area (Å²) in [4.78, 5) is 25.7. The summed E-state index contributed by atoms with van der Waals surface area (Å²) < 4.78 is 4.78. The summed E-state index contributed by atoms with van der Waals surface area (Å²) in [5.41, 5.74) is 1.60. The number of halogens is 1. The third-order valence-electron chi connectivity index (χ3n) is 3.76. The van der Waals surface area contributed by atoms with Gasteiger partial charge < -0.3 is 9.64 Å². The first-order valence-corrected chi connectivity index (χ1v) is 7.12. The number of carbonyl (C=O) groups is 2. The van der Waals surface area contributed by atoms with Gasteiger partial charge in [0.05, 0.1) is 13.0 Å². The minimum Gasteiger partial charge on any atom is -0.469 e. The van der Waals surface area contributed by atoms with E-state index in [-0.39, 0.29) is 23.7 Å². The van der Waals surface area contributed by atoms with Crippen molar-refractivity contribution in [2.24, 2.45) is 11.8 Å². The molecule has 0 radical (unpaired) electrons. The highest BCUT2D eigenvalue weighted by molar-refractivity contribution is 6.17. The van der Waals surface area contributed by atoms with Crippen molar-refractivity contribution in [3.63, 3.8) is 0 Å². The van der Waals surface area contributed by atoms with Crippen molar-refractivity contribution in [3.05, 3.63) is 35.4 Å². The van der Waals surface area contributed by atoms with Crippen LogP contribution >= 0.6 is 11.6 Å². The highest BCUT2D eigenvalue weighted by Gasteiger charge is 2.37. The Morgan fingerprint density at radius 1 is 1.30 bits per heavy atom. The van der Waals surface area contributed by atoms with Crippen LogP contribution in [-0.2, 0) is 15.4 Å². The number of amides is 1. The number of nitrogens with zero attached hydrogens (tertiary/aromatic N) is 1. The van der Waals surface area contributed by atoms with Crippen LogP contribution in [0.1, 0.15) is 22.8 Å². The molecule has 0 N–H and O–H groups in total. The average molecular weight is 296 g/mol. The normalized spacial score (nSPS) is 21.9. The first-order chi connectivity index (χ1) is 9.56. The largest absolute Gasteiger partial charge is 0.469 e. The van der Waals surface area contributed by atoms with Crippen LogP contribution < -0.4 is 0 Å². The van der Waals surface area contributed by atoms with Gasteiger partial charge in [-0.3, -0.25) is 9.59 Å². The predicted octanol–water partition coefficient (Wildman–Crippen LogP) is 2.31. The van der Waals surface area contributed by atoms with Gasteiger partial charge in [-0.25, -0.2) is 0 Å². The molecule has 2 atom stereocenters. The van der Waals surface area contributed by atoms with Gasteiger partial charge in [-0.1, -0.05) is 19.1 Å². The molecule has 0 saturated carbocycles. The van der Waals surface area contributed by atoms with Crippen molar-refractivity contribution in [1.82, 2.24) is 4.90 Å². The van der Waals surface area contributed by atoms with Crippen molar-refractivity contribution in [2.45, 2.75) is 12.8 Å². The van der Waals surface area contributed by atoms with E-state index < -0.39 is 0 Å². The lowest BCUT2D eigenvalue weighted by molar-refractivity contribution is -0.146. The zero-order valence-corrected chi connectivity index (χ0v) is 12.4. The van der Waals surface area contributed by atoms with Crippen LogP contribution in [-0.4, -0.2) is 37.0 Å². The molecule has 2 rings (SSSR count). The Balaban J connectivity index is 2.08. The Bertz CT molecular complexity index is 500. The van der Waals surface area contributed by atoms with E-state index in [2.05, 4.69) is 0 Å². The van der Waals surface area contributed by atoms with Gasteiger partial charge in [0.15, 0.2) is 0 Å². The quantitative estimate of drug-likeness (QED) is 0.635. The summed E-state index contributed by atoms with van der Waals surface area (Å²) in [6.45, 7) is 2.96. The number of rotatable bonds is 3. The number of alkyl halides is 1. The number of likely N-dealkylation sites (tertiary alicyclic amines) is 1. The molecule has 0 spiro atoms. The lowest BCUT2D eigenvalue weighted by atomic mass is 9.99. The molecule has 1 fully saturated rings. The topological polar surface area (TPSA) is 46.6 Å². The van der Waals surface area contributed by atoms with E-state index in [1.54, 1.807) is 17.0 Å². The van der Waals surface area contributed by atoms with Crippen LogP contribution in [0.25, 0.3) is 0 Å². The molecule has 0 bridgehead atoms. The lowest BCUT2D eigenvalue weighted by Crippen LogP contribution is -2.30. The zero-order valence-electron chi connectivity index (χ0n) is 11.6. The van der Waals surface area contributed by atoms with Gasteiger partial charge in [0.1, 0.15) is 0 Å². The van der Waals surface area contributed by atoms with Crippen LogP contribution in [0.15, 0.2) is 24.3 Å². The fourth-order valence-corrected chi connectivity index (χ4v) is 2.69. The maximum Gasteiger partial charge on any atom is 0.310 e. The van der Waals surface area contributed by atoms with E-state index in [0.29, 0.717) is 24.5 Å². The van der Waals surface area contributed by atoms with Gasteiger partial charge in [0.25, 0.3) is 5.91 Å². The van der Waals surface area contributed by atoms with Gasteiger partial charge in [0, 0.05) is 24.5 Å². The molecular weight excluding hydrogens is 278 g/mol. The Morgan fingerprint density at radius 2 is 1.95 bits per heavy atom. The summed E-state index contributed by atoms with van der Waals surface area (Å²) >= 11 is 5.73. The van der Waals surface area contributed by atoms with Crippen molar-refractivity contribution in [2.75, 3.05) is 20.2 Å². The van der Waals surface area contributed by atoms with Crippen LogP contribution in [0.4, 0.5) is 0 Å². The molecule has 1 heterocycles. The molecule has 1 amide bonds. The first kappa shape index (κ1) is 14.9. The molecule has 1 aromatic carbocycles. The van der Waals surface area contributed by atoms with Gasteiger partial charge in [-0.2, -0.15) is 0 Å². The van der Waals surface area contributed by atoms with Gasteiger partial charge in [-0.15, -0.1) is 11.6 Å². The van der Waals surface area contributed by atoms with E-state index in [1.165, 1.54) is 7.11 Å². The Kier molecular flexibility index (Phi) is 4.65. The fourth-order valence-electron chi connectivity index (χ4n) is 2.51. The summed E-state index contributed by atoms with van der Waals surface area (Å²) in [6.07, 6.45) is 0. The summed E-state index contributed by atoms with van der Waals surface area (Å²) in [7, 11) is 1.38. The molecule has 4 nitrogen and oxygen atoms in total. The molecular formula is C15H18ClNO3. The average Bonchev–Trinajstić information content (AvgIpc) is 2.87. The minimum atomic E-state index is -0.245. The van der Waals surface area contributed by atoms with E-state index in [0.717, 1.165) is 5.56 Å². The van der Waals surface area contributed by atoms with Crippen LogP contribution in [0.5, 0.6) is 0 Å². The van der Waals surface area contributed by atoms with Crippen molar-refractivity contribution in [1.29, 1.82) is 0 Å². The van der Waals surface area contributed by atoms with Crippen molar-refractivity contribution < 1.29 is 14.3 Å². The number of carbonyl (C=O) groups excluding carboxylic acids is 2. The number of methoxy groups -OCH3 is 1. The van der Waals surface area contributed by atoms with Crippen LogP contribution in [0, 0.1) is 11.8 Å². The van der Waals surface area contributed by atoms with Crippen molar-refractivity contribution in [3.8, 4) is 0 Å². The van der Waals surface area contributed by atoms with E-state index in [1.807, 2.05) is 19.1 Å². The molecule has 108 valence electrons. The Morgan fingerprint density at radius 3 is 2.50 bits per heavy atom. The van der Waals surface area contributed by atoms with Crippen LogP contribution in [0.2, 0.25) is 0 Å². The maximum absolute atomic E-state index is 12.4. The number of hydrogen-bond donors (Lipinski definition) is 0. The maximum atomic E-state index is 12.4. The van der Waals surface area contributed by atoms with E-state index in [4.69, 9.17) is 16.3 Å². The molecule has 0 aliphatic carbocycles. The third kappa shape index (κ3) is 2.96.